The summed E-state index contributed by atoms with van der Waals surface area (Å²) in [6.07, 6.45) is -1.51. The SMILES string of the molecule is CN1CC(C(F)CC(=O)O)C1. The van der Waals surface area contributed by atoms with Crippen LogP contribution in [0.3, 0.4) is 0 Å². The Balaban J connectivity index is 2.21. The van der Waals surface area contributed by atoms with Crippen molar-refractivity contribution in [1.29, 1.82) is 0 Å². The maximum atomic E-state index is 12.9. The number of alkyl halides is 1. The third-order valence-corrected chi connectivity index (χ3v) is 1.97. The average Bonchev–Trinajstić information content (AvgIpc) is 1.79. The van der Waals surface area contributed by atoms with Crippen molar-refractivity contribution in [1.82, 2.24) is 4.90 Å². The van der Waals surface area contributed by atoms with Gasteiger partial charge in [-0.3, -0.25) is 4.79 Å². The molecule has 11 heavy (non-hydrogen) atoms. The Kier molecular flexibility index (Phi) is 2.44. The highest BCUT2D eigenvalue weighted by Crippen LogP contribution is 2.21. The molecule has 1 rings (SSSR count). The minimum Gasteiger partial charge on any atom is -0.481 e. The Hall–Kier alpha value is -0.640. The molecule has 0 aromatic carbocycles. The van der Waals surface area contributed by atoms with E-state index in [1.165, 1.54) is 0 Å². The average molecular weight is 161 g/mol. The molecule has 0 spiro atoms. The van der Waals surface area contributed by atoms with Crippen LogP contribution < -0.4 is 0 Å². The maximum absolute atomic E-state index is 12.9. The van der Waals surface area contributed by atoms with Crippen molar-refractivity contribution in [2.24, 2.45) is 5.92 Å². The zero-order valence-corrected chi connectivity index (χ0v) is 6.46. The van der Waals surface area contributed by atoms with Gasteiger partial charge < -0.3 is 10.0 Å². The van der Waals surface area contributed by atoms with E-state index in [4.69, 9.17) is 5.11 Å². The molecule has 1 fully saturated rings. The number of rotatable bonds is 3. The number of hydrogen-bond acceptors (Lipinski definition) is 2. The van der Waals surface area contributed by atoms with E-state index in [-0.39, 0.29) is 12.3 Å². The Bertz CT molecular complexity index is 157. The molecule has 64 valence electrons. The fourth-order valence-corrected chi connectivity index (χ4v) is 1.31. The zero-order valence-electron chi connectivity index (χ0n) is 6.46. The first-order valence-electron chi connectivity index (χ1n) is 3.64. The van der Waals surface area contributed by atoms with E-state index in [9.17, 15) is 9.18 Å². The molecule has 0 saturated carbocycles. The smallest absolute Gasteiger partial charge is 0.306 e. The van der Waals surface area contributed by atoms with Crippen LogP contribution in [0.5, 0.6) is 0 Å². The van der Waals surface area contributed by atoms with Crippen LogP contribution >= 0.6 is 0 Å². The minimum atomic E-state index is -1.16. The lowest BCUT2D eigenvalue weighted by Gasteiger charge is -2.37. The summed E-state index contributed by atoms with van der Waals surface area (Å²) < 4.78 is 12.9. The van der Waals surface area contributed by atoms with Crippen LogP contribution in [0.2, 0.25) is 0 Å². The normalized spacial score (nSPS) is 22.7. The van der Waals surface area contributed by atoms with Crippen molar-refractivity contribution < 1.29 is 14.3 Å². The molecule has 0 aromatic rings. The Morgan fingerprint density at radius 1 is 1.82 bits per heavy atom. The first kappa shape index (κ1) is 8.46. The fraction of sp³-hybridized carbons (Fsp3) is 0.857. The van der Waals surface area contributed by atoms with E-state index >= 15 is 0 Å². The molecule has 1 unspecified atom stereocenters. The van der Waals surface area contributed by atoms with Gasteiger partial charge in [-0.25, -0.2) is 4.39 Å². The lowest BCUT2D eigenvalue weighted by molar-refractivity contribution is -0.139. The van der Waals surface area contributed by atoms with Gasteiger partial charge in [0, 0.05) is 19.0 Å². The van der Waals surface area contributed by atoms with Crippen molar-refractivity contribution >= 4 is 5.97 Å². The molecule has 1 saturated heterocycles. The molecule has 0 bridgehead atoms. The topological polar surface area (TPSA) is 40.5 Å². The van der Waals surface area contributed by atoms with E-state index in [0.29, 0.717) is 13.1 Å². The van der Waals surface area contributed by atoms with Crippen molar-refractivity contribution in [3.63, 3.8) is 0 Å². The van der Waals surface area contributed by atoms with Gasteiger partial charge in [0.2, 0.25) is 0 Å². The Morgan fingerprint density at radius 3 is 2.73 bits per heavy atom. The highest BCUT2D eigenvalue weighted by Gasteiger charge is 2.32. The Labute approximate surface area is 64.8 Å². The number of nitrogens with zero attached hydrogens (tertiary/aromatic N) is 1. The van der Waals surface area contributed by atoms with Gasteiger partial charge in [-0.1, -0.05) is 0 Å². The predicted octanol–water partition coefficient (Wildman–Crippen LogP) is 0.361. The molecule has 0 radical (unpaired) electrons. The molecule has 4 heteroatoms. The summed E-state index contributed by atoms with van der Waals surface area (Å²) in [6.45, 7) is 1.38. The van der Waals surface area contributed by atoms with E-state index < -0.39 is 12.1 Å². The third kappa shape index (κ3) is 2.15. The highest BCUT2D eigenvalue weighted by molar-refractivity contribution is 5.67. The molecule has 3 nitrogen and oxygen atoms in total. The monoisotopic (exact) mass is 161 g/mol. The first-order valence-corrected chi connectivity index (χ1v) is 3.64. The van der Waals surface area contributed by atoms with Gasteiger partial charge in [0.15, 0.2) is 0 Å². The van der Waals surface area contributed by atoms with E-state index in [1.807, 2.05) is 11.9 Å². The molecule has 0 amide bonds. The molecule has 1 atom stereocenters. The lowest BCUT2D eigenvalue weighted by atomic mass is 9.94. The molecular formula is C7H12FNO2. The molecule has 1 heterocycles. The van der Waals surface area contributed by atoms with Gasteiger partial charge in [-0.05, 0) is 7.05 Å². The summed E-state index contributed by atoms with van der Waals surface area (Å²) in [5, 5.41) is 8.26. The van der Waals surface area contributed by atoms with Crippen molar-refractivity contribution in [3.8, 4) is 0 Å². The van der Waals surface area contributed by atoms with Gasteiger partial charge in [-0.15, -0.1) is 0 Å². The summed E-state index contributed by atoms with van der Waals surface area (Å²) in [7, 11) is 1.89. The van der Waals surface area contributed by atoms with Crippen LogP contribution in [0.15, 0.2) is 0 Å². The Morgan fingerprint density at radius 2 is 2.36 bits per heavy atom. The minimum absolute atomic E-state index is 0.0592. The van der Waals surface area contributed by atoms with Crippen LogP contribution in [-0.2, 0) is 4.79 Å². The highest BCUT2D eigenvalue weighted by atomic mass is 19.1. The van der Waals surface area contributed by atoms with E-state index in [0.717, 1.165) is 0 Å². The van der Waals surface area contributed by atoms with Gasteiger partial charge in [0.05, 0.1) is 6.42 Å². The van der Waals surface area contributed by atoms with Crippen LogP contribution in [-0.4, -0.2) is 42.3 Å². The second-order valence-corrected chi connectivity index (χ2v) is 3.10. The second kappa shape index (κ2) is 3.17. The summed E-state index contributed by atoms with van der Waals surface area (Å²) >= 11 is 0. The predicted molar refractivity (Wildman–Crippen MR) is 38.1 cm³/mol. The molecular weight excluding hydrogens is 149 g/mol. The van der Waals surface area contributed by atoms with E-state index in [1.54, 1.807) is 0 Å². The van der Waals surface area contributed by atoms with Gasteiger partial charge in [0.25, 0.3) is 0 Å². The largest absolute Gasteiger partial charge is 0.481 e. The van der Waals surface area contributed by atoms with Crippen LogP contribution in [0.25, 0.3) is 0 Å². The molecule has 0 aromatic heterocycles. The summed E-state index contributed by atoms with van der Waals surface area (Å²) in [5.74, 6) is -1.11. The number of carbonyl (C=O) groups is 1. The first-order chi connectivity index (χ1) is 5.09. The molecule has 0 aliphatic carbocycles. The van der Waals surface area contributed by atoms with Gasteiger partial charge in [0.1, 0.15) is 6.17 Å². The number of aliphatic carboxylic acids is 1. The van der Waals surface area contributed by atoms with Crippen molar-refractivity contribution in [2.45, 2.75) is 12.6 Å². The number of carboxylic acids is 1. The zero-order chi connectivity index (χ0) is 8.43. The fourth-order valence-electron chi connectivity index (χ4n) is 1.31. The standard InChI is InChI=1S/C7H12FNO2/c1-9-3-5(4-9)6(8)2-7(10)11/h5-6H,2-4H2,1H3,(H,10,11). The second-order valence-electron chi connectivity index (χ2n) is 3.10. The third-order valence-electron chi connectivity index (χ3n) is 1.97. The number of likely N-dealkylation sites (tertiary alicyclic amines) is 1. The summed E-state index contributed by atoms with van der Waals surface area (Å²) in [4.78, 5) is 12.1. The van der Waals surface area contributed by atoms with Crippen LogP contribution in [0.4, 0.5) is 4.39 Å². The molecule has 1 N–H and O–H groups in total. The van der Waals surface area contributed by atoms with Crippen LogP contribution in [0.1, 0.15) is 6.42 Å². The lowest BCUT2D eigenvalue weighted by Crippen LogP contribution is -2.48. The van der Waals surface area contributed by atoms with Crippen molar-refractivity contribution in [2.75, 3.05) is 20.1 Å². The summed E-state index contributed by atoms with van der Waals surface area (Å²) in [5.41, 5.74) is 0. The molecule has 1 aliphatic heterocycles. The van der Waals surface area contributed by atoms with Crippen LogP contribution in [0, 0.1) is 5.92 Å². The quantitative estimate of drug-likeness (QED) is 0.649. The van der Waals surface area contributed by atoms with E-state index in [2.05, 4.69) is 0 Å². The maximum Gasteiger partial charge on any atom is 0.306 e. The molecule has 1 aliphatic rings. The summed E-state index contributed by atoms with van der Waals surface area (Å²) in [6, 6.07) is 0. The van der Waals surface area contributed by atoms with Gasteiger partial charge in [-0.2, -0.15) is 0 Å². The number of carboxylic acid groups (broad SMARTS) is 1. The van der Waals surface area contributed by atoms with Crippen molar-refractivity contribution in [3.05, 3.63) is 0 Å². The number of halogens is 1. The number of hydrogen-bond donors (Lipinski definition) is 1. The van der Waals surface area contributed by atoms with Gasteiger partial charge >= 0.3 is 5.97 Å².